The molecule has 0 saturated heterocycles. The van der Waals surface area contributed by atoms with E-state index >= 15 is 0 Å². The highest BCUT2D eigenvalue weighted by molar-refractivity contribution is 6.06. The molecule has 0 fully saturated rings. The summed E-state index contributed by atoms with van der Waals surface area (Å²) in [5, 5.41) is 14.6. The molecule has 0 aliphatic heterocycles. The number of amidine groups is 1. The highest BCUT2D eigenvalue weighted by atomic mass is 16.3. The maximum atomic E-state index is 11.6. The van der Waals surface area contributed by atoms with Crippen LogP contribution in [-0.2, 0) is 11.4 Å². The zero-order valence-electron chi connectivity index (χ0n) is 15.1. The van der Waals surface area contributed by atoms with Gasteiger partial charge in [0, 0.05) is 17.9 Å². The third-order valence-corrected chi connectivity index (χ3v) is 4.01. The lowest BCUT2D eigenvalue weighted by Crippen LogP contribution is -2.04. The van der Waals surface area contributed by atoms with E-state index in [4.69, 9.17) is 0 Å². The Hall–Kier alpha value is -3.45. The lowest BCUT2D eigenvalue weighted by Gasteiger charge is -2.06. The quantitative estimate of drug-likeness (QED) is 0.430. The van der Waals surface area contributed by atoms with Gasteiger partial charge in [-0.25, -0.2) is 19.7 Å². The van der Waals surface area contributed by atoms with Crippen LogP contribution >= 0.6 is 0 Å². The molecule has 3 rings (SSSR count). The molecule has 3 aromatic rings. The zero-order valence-corrected chi connectivity index (χ0v) is 15.1. The molecule has 0 atom stereocenters. The number of carbonyl (C=O) groups is 1. The SMILES string of the molecule is C=NC(=N/C(=C\C)C(C)=O)c1ccc2cnn(-c3cccc(CO)n3)c2c1. The molecule has 27 heavy (non-hydrogen) atoms. The molecular weight excluding hydrogens is 342 g/mol. The number of hydrogen-bond donors (Lipinski definition) is 1. The van der Waals surface area contributed by atoms with Gasteiger partial charge in [0.2, 0.25) is 0 Å². The van der Waals surface area contributed by atoms with E-state index in [9.17, 15) is 9.90 Å². The van der Waals surface area contributed by atoms with Crippen LogP contribution in [0.15, 0.2) is 64.4 Å². The number of allylic oxidation sites excluding steroid dienone is 2. The van der Waals surface area contributed by atoms with Gasteiger partial charge in [0.1, 0.15) is 5.70 Å². The topological polar surface area (TPSA) is 92.7 Å². The number of benzene rings is 1. The van der Waals surface area contributed by atoms with Crippen molar-refractivity contribution in [3.05, 3.63) is 65.6 Å². The average molecular weight is 361 g/mol. The molecule has 2 heterocycles. The van der Waals surface area contributed by atoms with Gasteiger partial charge in [0.25, 0.3) is 0 Å². The predicted octanol–water partition coefficient (Wildman–Crippen LogP) is 2.85. The van der Waals surface area contributed by atoms with E-state index in [-0.39, 0.29) is 12.4 Å². The molecule has 0 aliphatic rings. The van der Waals surface area contributed by atoms with Crippen LogP contribution in [0.2, 0.25) is 0 Å². The molecule has 1 N–H and O–H groups in total. The van der Waals surface area contributed by atoms with Crippen molar-refractivity contribution in [2.75, 3.05) is 0 Å². The van der Waals surface area contributed by atoms with Crippen LogP contribution in [0.5, 0.6) is 0 Å². The van der Waals surface area contributed by atoms with Crippen LogP contribution in [-0.4, -0.2) is 38.2 Å². The standard InChI is InChI=1S/C20H19N5O2/c1-4-17(13(2)27)24-20(21-3)14-8-9-15-11-22-25(18(15)10-14)19-7-5-6-16(12-26)23-19/h4-11,26H,3,12H2,1-2H3/b17-4-,24-20?. The predicted molar refractivity (Wildman–Crippen MR) is 105 cm³/mol. The molecule has 2 aromatic heterocycles. The number of aliphatic hydroxyl groups is 1. The minimum atomic E-state index is -0.146. The van der Waals surface area contributed by atoms with Gasteiger partial charge >= 0.3 is 0 Å². The Morgan fingerprint density at radius 2 is 2.15 bits per heavy atom. The number of nitrogens with zero attached hydrogens (tertiary/aromatic N) is 5. The van der Waals surface area contributed by atoms with E-state index in [0.717, 1.165) is 10.9 Å². The van der Waals surface area contributed by atoms with E-state index in [1.54, 1.807) is 29.9 Å². The highest BCUT2D eigenvalue weighted by Crippen LogP contribution is 2.20. The number of aliphatic imine (C=N–C) groups is 2. The number of hydrogen-bond acceptors (Lipinski definition) is 5. The first-order valence-corrected chi connectivity index (χ1v) is 8.35. The summed E-state index contributed by atoms with van der Waals surface area (Å²) in [6.45, 7) is 6.63. The lowest BCUT2D eigenvalue weighted by molar-refractivity contribution is -0.113. The van der Waals surface area contributed by atoms with Gasteiger partial charge in [-0.3, -0.25) is 4.79 Å². The molecular formula is C20H19N5O2. The summed E-state index contributed by atoms with van der Waals surface area (Å²) in [4.78, 5) is 24.3. The Morgan fingerprint density at radius 1 is 1.33 bits per heavy atom. The molecule has 0 bridgehead atoms. The Balaban J connectivity index is 2.13. The Labute approximate surface area is 156 Å². The number of aromatic nitrogens is 3. The number of fused-ring (bicyclic) bond motifs is 1. The van der Waals surface area contributed by atoms with Crippen molar-refractivity contribution in [3.63, 3.8) is 0 Å². The van der Waals surface area contributed by atoms with Gasteiger partial charge in [-0.15, -0.1) is 0 Å². The van der Waals surface area contributed by atoms with Crippen LogP contribution in [0.3, 0.4) is 0 Å². The molecule has 1 aromatic carbocycles. The second-order valence-corrected chi connectivity index (χ2v) is 5.80. The van der Waals surface area contributed by atoms with Crippen molar-refractivity contribution < 1.29 is 9.90 Å². The Kier molecular flexibility index (Phi) is 5.33. The van der Waals surface area contributed by atoms with Gasteiger partial charge < -0.3 is 5.11 Å². The number of pyridine rings is 1. The number of carbonyl (C=O) groups excluding carboxylic acids is 1. The average Bonchev–Trinajstić information content (AvgIpc) is 3.12. The first-order chi connectivity index (χ1) is 13.1. The Morgan fingerprint density at radius 3 is 2.81 bits per heavy atom. The van der Waals surface area contributed by atoms with Crippen LogP contribution in [0.4, 0.5) is 0 Å². The summed E-state index contributed by atoms with van der Waals surface area (Å²) in [6, 6.07) is 11.0. The maximum Gasteiger partial charge on any atom is 0.177 e. The van der Waals surface area contributed by atoms with Gasteiger partial charge in [0.15, 0.2) is 17.4 Å². The van der Waals surface area contributed by atoms with Crippen LogP contribution in [0, 0.1) is 0 Å². The largest absolute Gasteiger partial charge is 0.390 e. The molecule has 0 spiro atoms. The summed E-state index contributed by atoms with van der Waals surface area (Å²) < 4.78 is 1.68. The maximum absolute atomic E-state index is 11.6. The first-order valence-electron chi connectivity index (χ1n) is 8.35. The lowest BCUT2D eigenvalue weighted by atomic mass is 10.1. The van der Waals surface area contributed by atoms with Crippen LogP contribution in [0.25, 0.3) is 16.7 Å². The van der Waals surface area contributed by atoms with E-state index in [1.165, 1.54) is 6.92 Å². The van der Waals surface area contributed by atoms with Crippen molar-refractivity contribution in [1.29, 1.82) is 0 Å². The van der Waals surface area contributed by atoms with Crippen molar-refractivity contribution in [2.24, 2.45) is 9.98 Å². The van der Waals surface area contributed by atoms with Gasteiger partial charge in [-0.1, -0.05) is 24.3 Å². The zero-order chi connectivity index (χ0) is 19.4. The van der Waals surface area contributed by atoms with Crippen molar-refractivity contribution in [2.45, 2.75) is 20.5 Å². The number of ketones is 1. The normalized spacial score (nSPS) is 12.4. The summed E-state index contributed by atoms with van der Waals surface area (Å²) in [6.07, 6.45) is 3.37. The summed E-state index contributed by atoms with van der Waals surface area (Å²) in [5.74, 6) is 0.802. The molecule has 7 heteroatoms. The summed E-state index contributed by atoms with van der Waals surface area (Å²) >= 11 is 0. The summed E-state index contributed by atoms with van der Waals surface area (Å²) in [5.41, 5.74) is 2.39. The minimum absolute atomic E-state index is 0.144. The van der Waals surface area contributed by atoms with Crippen molar-refractivity contribution >= 4 is 29.2 Å². The van der Waals surface area contributed by atoms with Gasteiger partial charge in [0.05, 0.1) is 24.0 Å². The smallest absolute Gasteiger partial charge is 0.177 e. The van der Waals surface area contributed by atoms with E-state index in [1.807, 2.05) is 30.3 Å². The van der Waals surface area contributed by atoms with Gasteiger partial charge in [-0.2, -0.15) is 5.10 Å². The number of aliphatic hydroxyl groups excluding tert-OH is 1. The molecule has 136 valence electrons. The first kappa shape index (κ1) is 18.3. The Bertz CT molecular complexity index is 1080. The molecule has 0 amide bonds. The fraction of sp³-hybridized carbons (Fsp3) is 0.150. The van der Waals surface area contributed by atoms with Crippen LogP contribution < -0.4 is 0 Å². The number of Topliss-reactive ketones (excluding diaryl/α,β-unsaturated/α-hetero) is 1. The molecule has 0 saturated carbocycles. The fourth-order valence-electron chi connectivity index (χ4n) is 2.66. The van der Waals surface area contributed by atoms with Crippen LogP contribution in [0.1, 0.15) is 25.1 Å². The second-order valence-electron chi connectivity index (χ2n) is 5.80. The third kappa shape index (κ3) is 3.73. The molecule has 7 nitrogen and oxygen atoms in total. The van der Waals surface area contributed by atoms with E-state index in [2.05, 4.69) is 26.8 Å². The third-order valence-electron chi connectivity index (χ3n) is 4.01. The fourth-order valence-corrected chi connectivity index (χ4v) is 2.66. The van der Waals surface area contributed by atoms with Gasteiger partial charge in [-0.05, 0) is 31.8 Å². The van der Waals surface area contributed by atoms with E-state index < -0.39 is 0 Å². The molecule has 0 aliphatic carbocycles. The summed E-state index contributed by atoms with van der Waals surface area (Å²) in [7, 11) is 0. The van der Waals surface area contributed by atoms with E-state index in [0.29, 0.717) is 28.6 Å². The van der Waals surface area contributed by atoms with Crippen molar-refractivity contribution in [3.8, 4) is 5.82 Å². The molecule has 0 radical (unpaired) electrons. The molecule has 0 unspecified atom stereocenters. The van der Waals surface area contributed by atoms with Crippen molar-refractivity contribution in [1.82, 2.24) is 14.8 Å². The number of rotatable bonds is 5. The minimum Gasteiger partial charge on any atom is -0.390 e. The highest BCUT2D eigenvalue weighted by Gasteiger charge is 2.11. The second kappa shape index (κ2) is 7.84. The monoisotopic (exact) mass is 361 g/mol.